The summed E-state index contributed by atoms with van der Waals surface area (Å²) in [5.74, 6) is -1.01. The van der Waals surface area contributed by atoms with Crippen LogP contribution in [-0.4, -0.2) is 71.3 Å². The number of ether oxygens (including phenoxy) is 1. The number of hydrogen-bond acceptors (Lipinski definition) is 7. The normalized spacial score (nSPS) is 15.4. The van der Waals surface area contributed by atoms with Crippen molar-refractivity contribution >= 4 is 40.2 Å². The average Bonchev–Trinajstić information content (AvgIpc) is 3.30. The minimum Gasteiger partial charge on any atom is -0.466 e. The highest BCUT2D eigenvalue weighted by Crippen LogP contribution is 2.21. The molecule has 3 amide bonds. The van der Waals surface area contributed by atoms with Crippen molar-refractivity contribution in [3.05, 3.63) is 47.0 Å². The molecule has 2 heterocycles. The number of nitrogens with zero attached hydrogens (tertiary/aromatic N) is 3. The molecular weight excluding hydrogens is 480 g/mol. The zero-order valence-corrected chi connectivity index (χ0v) is 21.9. The number of piperidine rings is 1. The molecule has 0 saturated carbocycles. The van der Waals surface area contributed by atoms with E-state index in [1.165, 1.54) is 16.2 Å². The fourth-order valence-electron chi connectivity index (χ4n) is 4.12. The molecule has 0 radical (unpaired) electrons. The maximum Gasteiger partial charge on any atom is 0.310 e. The highest BCUT2D eigenvalue weighted by atomic mass is 32.1. The summed E-state index contributed by atoms with van der Waals surface area (Å²) in [6.45, 7) is 7.38. The highest BCUT2D eigenvalue weighted by Gasteiger charge is 2.29. The Kier molecular flexibility index (Phi) is 9.98. The van der Waals surface area contributed by atoms with Crippen LogP contribution < -0.4 is 5.32 Å². The van der Waals surface area contributed by atoms with Crippen molar-refractivity contribution < 1.29 is 23.9 Å². The van der Waals surface area contributed by atoms with Crippen molar-refractivity contribution in [1.29, 1.82) is 0 Å². The van der Waals surface area contributed by atoms with E-state index in [1.807, 2.05) is 19.9 Å². The predicted octanol–water partition coefficient (Wildman–Crippen LogP) is 3.22. The van der Waals surface area contributed by atoms with Gasteiger partial charge in [-0.3, -0.25) is 19.2 Å². The van der Waals surface area contributed by atoms with Gasteiger partial charge in [0.15, 0.2) is 5.13 Å². The zero-order chi connectivity index (χ0) is 26.1. The largest absolute Gasteiger partial charge is 0.466 e. The van der Waals surface area contributed by atoms with Crippen LogP contribution in [0, 0.1) is 11.8 Å². The maximum absolute atomic E-state index is 12.9. The average molecular weight is 515 g/mol. The standard InChI is InChI=1S/C26H34N4O5S/c1-4-35-25(34)20-11-8-12-29(15-20)23(32)13-21-17-36-26(27-21)28-22(31)16-30(14-18(2)3)24(33)19-9-6-5-7-10-19/h5-7,9-10,17-18,20H,4,8,11-16H2,1-3H3,(H,27,28,31). The fraction of sp³-hybridized carbons (Fsp3) is 0.500. The number of thiazole rings is 1. The van der Waals surface area contributed by atoms with Crippen molar-refractivity contribution in [3.63, 3.8) is 0 Å². The molecule has 2 aromatic rings. The molecule has 0 bridgehead atoms. The van der Waals surface area contributed by atoms with Gasteiger partial charge < -0.3 is 19.9 Å². The first-order valence-electron chi connectivity index (χ1n) is 12.3. The lowest BCUT2D eigenvalue weighted by atomic mass is 9.98. The van der Waals surface area contributed by atoms with Crippen LogP contribution in [0.25, 0.3) is 0 Å². The molecule has 9 nitrogen and oxygen atoms in total. The Morgan fingerprint density at radius 1 is 1.22 bits per heavy atom. The molecule has 36 heavy (non-hydrogen) atoms. The third-order valence-electron chi connectivity index (χ3n) is 5.75. The second-order valence-corrected chi connectivity index (χ2v) is 10.1. The first kappa shape index (κ1) is 27.3. The van der Waals surface area contributed by atoms with Gasteiger partial charge in [0.05, 0.1) is 24.6 Å². The molecule has 1 unspecified atom stereocenters. The summed E-state index contributed by atoms with van der Waals surface area (Å²) in [6.07, 6.45) is 1.56. The number of rotatable bonds is 10. The van der Waals surface area contributed by atoms with E-state index >= 15 is 0 Å². The smallest absolute Gasteiger partial charge is 0.310 e. The molecule has 1 aliphatic heterocycles. The van der Waals surface area contributed by atoms with Gasteiger partial charge in [-0.05, 0) is 37.8 Å². The van der Waals surface area contributed by atoms with E-state index in [0.717, 1.165) is 12.8 Å². The van der Waals surface area contributed by atoms with Crippen LogP contribution in [0.15, 0.2) is 35.7 Å². The summed E-state index contributed by atoms with van der Waals surface area (Å²) >= 11 is 1.23. The van der Waals surface area contributed by atoms with Gasteiger partial charge in [-0.25, -0.2) is 4.98 Å². The Bertz CT molecular complexity index is 1060. The minimum atomic E-state index is -0.347. The fourth-order valence-corrected chi connectivity index (χ4v) is 4.85. The van der Waals surface area contributed by atoms with E-state index in [1.54, 1.807) is 41.5 Å². The molecule has 0 aliphatic carbocycles. The minimum absolute atomic E-state index is 0.0912. The second-order valence-electron chi connectivity index (χ2n) is 9.25. The van der Waals surface area contributed by atoms with Gasteiger partial charge in [-0.2, -0.15) is 0 Å². The number of carbonyl (C=O) groups is 4. The van der Waals surface area contributed by atoms with E-state index in [9.17, 15) is 19.2 Å². The van der Waals surface area contributed by atoms with Crippen LogP contribution in [0.1, 0.15) is 49.7 Å². The Morgan fingerprint density at radius 2 is 1.97 bits per heavy atom. The number of carbonyl (C=O) groups excluding carboxylic acids is 4. The van der Waals surface area contributed by atoms with Crippen LogP contribution in [0.5, 0.6) is 0 Å². The highest BCUT2D eigenvalue weighted by molar-refractivity contribution is 7.13. The number of likely N-dealkylation sites (tertiary alicyclic amines) is 1. The molecule has 194 valence electrons. The topological polar surface area (TPSA) is 109 Å². The number of benzene rings is 1. The molecular formula is C26H34N4O5S. The summed E-state index contributed by atoms with van der Waals surface area (Å²) in [7, 11) is 0. The Balaban J connectivity index is 1.55. The van der Waals surface area contributed by atoms with Crippen molar-refractivity contribution in [2.24, 2.45) is 11.8 Å². The Labute approximate surface area is 215 Å². The van der Waals surface area contributed by atoms with E-state index < -0.39 is 0 Å². The monoisotopic (exact) mass is 514 g/mol. The first-order valence-corrected chi connectivity index (χ1v) is 13.2. The third-order valence-corrected chi connectivity index (χ3v) is 6.56. The molecule has 1 saturated heterocycles. The molecule has 1 atom stereocenters. The molecule has 1 fully saturated rings. The van der Waals surface area contributed by atoms with Gasteiger partial charge in [0, 0.05) is 30.6 Å². The summed E-state index contributed by atoms with van der Waals surface area (Å²) < 4.78 is 5.10. The number of aromatic nitrogens is 1. The first-order chi connectivity index (χ1) is 17.3. The van der Waals surface area contributed by atoms with Gasteiger partial charge in [0.2, 0.25) is 11.8 Å². The van der Waals surface area contributed by atoms with Gasteiger partial charge in [0.1, 0.15) is 6.54 Å². The summed E-state index contributed by atoms with van der Waals surface area (Å²) in [4.78, 5) is 58.1. The van der Waals surface area contributed by atoms with E-state index in [2.05, 4.69) is 10.3 Å². The lowest BCUT2D eigenvalue weighted by molar-refractivity contribution is -0.151. The van der Waals surface area contributed by atoms with Crippen LogP contribution in [0.3, 0.4) is 0 Å². The van der Waals surface area contributed by atoms with Gasteiger partial charge in [-0.15, -0.1) is 11.3 Å². The SMILES string of the molecule is CCOC(=O)C1CCCN(C(=O)Cc2csc(NC(=O)CN(CC(C)C)C(=O)c3ccccc3)n2)C1. The number of amides is 3. The van der Waals surface area contributed by atoms with Crippen LogP contribution in [0.4, 0.5) is 5.13 Å². The van der Waals surface area contributed by atoms with Crippen LogP contribution in [-0.2, 0) is 25.5 Å². The summed E-state index contributed by atoms with van der Waals surface area (Å²) in [6, 6.07) is 8.88. The summed E-state index contributed by atoms with van der Waals surface area (Å²) in [5, 5.41) is 4.86. The van der Waals surface area contributed by atoms with E-state index in [4.69, 9.17) is 4.74 Å². The van der Waals surface area contributed by atoms with Gasteiger partial charge in [0.25, 0.3) is 5.91 Å². The molecule has 1 aromatic carbocycles. The lowest BCUT2D eigenvalue weighted by Crippen LogP contribution is -2.43. The van der Waals surface area contributed by atoms with Crippen molar-refractivity contribution in [2.45, 2.75) is 40.0 Å². The maximum atomic E-state index is 12.9. The van der Waals surface area contributed by atoms with Crippen molar-refractivity contribution in [2.75, 3.05) is 38.1 Å². The summed E-state index contributed by atoms with van der Waals surface area (Å²) in [5.41, 5.74) is 1.09. The molecule has 0 spiro atoms. The van der Waals surface area contributed by atoms with Crippen LogP contribution in [0.2, 0.25) is 0 Å². The number of anilines is 1. The lowest BCUT2D eigenvalue weighted by Gasteiger charge is -2.31. The van der Waals surface area contributed by atoms with Gasteiger partial charge in [-0.1, -0.05) is 32.0 Å². The Hall–Kier alpha value is -3.27. The number of nitrogens with one attached hydrogen (secondary N) is 1. The second kappa shape index (κ2) is 13.2. The molecule has 1 N–H and O–H groups in total. The molecule has 10 heteroatoms. The van der Waals surface area contributed by atoms with E-state index in [0.29, 0.717) is 42.6 Å². The van der Waals surface area contributed by atoms with E-state index in [-0.39, 0.29) is 48.5 Å². The molecule has 1 aromatic heterocycles. The third kappa shape index (κ3) is 7.87. The van der Waals surface area contributed by atoms with Crippen molar-refractivity contribution in [3.8, 4) is 0 Å². The number of hydrogen-bond donors (Lipinski definition) is 1. The zero-order valence-electron chi connectivity index (χ0n) is 21.1. The van der Waals surface area contributed by atoms with Gasteiger partial charge >= 0.3 is 5.97 Å². The predicted molar refractivity (Wildman–Crippen MR) is 138 cm³/mol. The molecule has 1 aliphatic rings. The quantitative estimate of drug-likeness (QED) is 0.488. The number of esters is 1. The van der Waals surface area contributed by atoms with Crippen molar-refractivity contribution in [1.82, 2.24) is 14.8 Å². The Morgan fingerprint density at radius 3 is 2.67 bits per heavy atom. The van der Waals surface area contributed by atoms with Crippen LogP contribution >= 0.6 is 11.3 Å². The molecule has 3 rings (SSSR count).